The highest BCUT2D eigenvalue weighted by molar-refractivity contribution is 5.91. The molecule has 80 valence electrons. The molecule has 15 heavy (non-hydrogen) atoms. The predicted molar refractivity (Wildman–Crippen MR) is 64.1 cm³/mol. The van der Waals surface area contributed by atoms with Crippen molar-refractivity contribution in [1.29, 1.82) is 0 Å². The summed E-state index contributed by atoms with van der Waals surface area (Å²) in [4.78, 5) is 4.53. The summed E-state index contributed by atoms with van der Waals surface area (Å²) in [5, 5.41) is 0. The van der Waals surface area contributed by atoms with Crippen LogP contribution in [0.15, 0.2) is 35.3 Å². The van der Waals surface area contributed by atoms with Gasteiger partial charge in [-0.3, -0.25) is 4.99 Å². The van der Waals surface area contributed by atoms with Gasteiger partial charge in [0.2, 0.25) is 0 Å². The smallest absolute Gasteiger partial charge is 0.104 e. The zero-order valence-electron chi connectivity index (χ0n) is 9.40. The lowest BCUT2D eigenvalue weighted by Gasteiger charge is -2.24. The van der Waals surface area contributed by atoms with Crippen molar-refractivity contribution in [3.8, 4) is 0 Å². The zero-order valence-corrected chi connectivity index (χ0v) is 9.40. The first kappa shape index (κ1) is 10.2. The normalized spacial score (nSPS) is 17.9. The Morgan fingerprint density at radius 3 is 2.40 bits per heavy atom. The lowest BCUT2D eigenvalue weighted by molar-refractivity contribution is 0.702. The molecule has 0 unspecified atom stereocenters. The summed E-state index contributed by atoms with van der Waals surface area (Å²) in [6.45, 7) is 4.26. The van der Waals surface area contributed by atoms with E-state index in [-0.39, 0.29) is 5.41 Å². The number of rotatable bonds is 3. The van der Waals surface area contributed by atoms with Crippen molar-refractivity contribution in [2.75, 3.05) is 0 Å². The standard InChI is InChI=1S/C13H18N2/c1-13(2,10-6-4-3-5-7-10)12(14)15-11-8-9-11/h3-7,11H,8-9H2,1-2H3,(H2,14,15). The summed E-state index contributed by atoms with van der Waals surface area (Å²) in [5.41, 5.74) is 7.15. The third kappa shape index (κ3) is 2.20. The molecule has 0 amide bonds. The van der Waals surface area contributed by atoms with Crippen LogP contribution in [0.3, 0.4) is 0 Å². The van der Waals surface area contributed by atoms with Crippen molar-refractivity contribution >= 4 is 5.84 Å². The van der Waals surface area contributed by atoms with Gasteiger partial charge in [-0.1, -0.05) is 30.3 Å². The number of amidine groups is 1. The van der Waals surface area contributed by atoms with Crippen LogP contribution in [-0.4, -0.2) is 11.9 Å². The van der Waals surface area contributed by atoms with Gasteiger partial charge < -0.3 is 5.73 Å². The molecule has 0 heterocycles. The van der Waals surface area contributed by atoms with Gasteiger partial charge in [-0.15, -0.1) is 0 Å². The molecule has 1 aromatic rings. The largest absolute Gasteiger partial charge is 0.387 e. The molecule has 1 aliphatic rings. The molecule has 0 aliphatic heterocycles. The summed E-state index contributed by atoms with van der Waals surface area (Å²) in [7, 11) is 0. The first-order valence-corrected chi connectivity index (χ1v) is 5.50. The average Bonchev–Trinajstić information content (AvgIpc) is 3.03. The van der Waals surface area contributed by atoms with Gasteiger partial charge in [0.25, 0.3) is 0 Å². The van der Waals surface area contributed by atoms with Crippen molar-refractivity contribution in [2.45, 2.75) is 38.1 Å². The molecule has 0 radical (unpaired) electrons. The Morgan fingerprint density at radius 2 is 1.87 bits per heavy atom. The van der Waals surface area contributed by atoms with E-state index in [0.717, 1.165) is 5.84 Å². The van der Waals surface area contributed by atoms with E-state index in [4.69, 9.17) is 5.73 Å². The van der Waals surface area contributed by atoms with E-state index in [1.54, 1.807) is 0 Å². The quantitative estimate of drug-likeness (QED) is 0.593. The van der Waals surface area contributed by atoms with E-state index >= 15 is 0 Å². The molecule has 1 aromatic carbocycles. The Bertz CT molecular complexity index is 361. The molecule has 2 N–H and O–H groups in total. The molecule has 2 heteroatoms. The topological polar surface area (TPSA) is 38.4 Å². The third-order valence-corrected chi connectivity index (χ3v) is 3.00. The minimum atomic E-state index is -0.149. The van der Waals surface area contributed by atoms with E-state index in [1.807, 2.05) is 18.2 Å². The number of hydrogen-bond donors (Lipinski definition) is 1. The highest BCUT2D eigenvalue weighted by atomic mass is 14.9. The monoisotopic (exact) mass is 202 g/mol. The van der Waals surface area contributed by atoms with Crippen LogP contribution < -0.4 is 5.73 Å². The maximum Gasteiger partial charge on any atom is 0.104 e. The summed E-state index contributed by atoms with van der Waals surface area (Å²) in [5.74, 6) is 0.760. The van der Waals surface area contributed by atoms with Gasteiger partial charge in [0.15, 0.2) is 0 Å². The Hall–Kier alpha value is -1.31. The Morgan fingerprint density at radius 1 is 1.27 bits per heavy atom. The fourth-order valence-corrected chi connectivity index (χ4v) is 1.56. The molecule has 0 bridgehead atoms. The zero-order chi connectivity index (χ0) is 10.9. The van der Waals surface area contributed by atoms with Crippen LogP contribution in [-0.2, 0) is 5.41 Å². The lowest BCUT2D eigenvalue weighted by atomic mass is 9.83. The van der Waals surface area contributed by atoms with E-state index in [0.29, 0.717) is 6.04 Å². The van der Waals surface area contributed by atoms with Crippen LogP contribution in [0.25, 0.3) is 0 Å². The van der Waals surface area contributed by atoms with Crippen molar-refractivity contribution < 1.29 is 0 Å². The second-order valence-corrected chi connectivity index (χ2v) is 4.74. The van der Waals surface area contributed by atoms with Gasteiger partial charge in [-0.25, -0.2) is 0 Å². The molecule has 1 saturated carbocycles. The molecule has 0 spiro atoms. The second-order valence-electron chi connectivity index (χ2n) is 4.74. The number of hydrogen-bond acceptors (Lipinski definition) is 1. The summed E-state index contributed by atoms with van der Waals surface area (Å²) in [6, 6.07) is 10.8. The molecule has 2 rings (SSSR count). The van der Waals surface area contributed by atoms with Crippen molar-refractivity contribution in [3.05, 3.63) is 35.9 Å². The molecule has 2 nitrogen and oxygen atoms in total. The first-order valence-electron chi connectivity index (χ1n) is 5.50. The highest BCUT2D eigenvalue weighted by Gasteiger charge is 2.28. The summed E-state index contributed by atoms with van der Waals surface area (Å²) >= 11 is 0. The van der Waals surface area contributed by atoms with Gasteiger partial charge >= 0.3 is 0 Å². The van der Waals surface area contributed by atoms with Gasteiger partial charge in [-0.2, -0.15) is 0 Å². The van der Waals surface area contributed by atoms with Crippen LogP contribution in [0.2, 0.25) is 0 Å². The molecule has 0 saturated heterocycles. The van der Waals surface area contributed by atoms with Crippen molar-refractivity contribution in [1.82, 2.24) is 0 Å². The fourth-order valence-electron chi connectivity index (χ4n) is 1.56. The van der Waals surface area contributed by atoms with E-state index in [2.05, 4.69) is 31.0 Å². The summed E-state index contributed by atoms with van der Waals surface area (Å²) in [6.07, 6.45) is 2.40. The minimum absolute atomic E-state index is 0.149. The molecule has 1 aliphatic carbocycles. The molecule has 0 aromatic heterocycles. The van der Waals surface area contributed by atoms with Crippen LogP contribution in [0, 0.1) is 0 Å². The maximum atomic E-state index is 6.07. The SMILES string of the molecule is CC(C)(C(N)=NC1CC1)c1ccccc1. The van der Waals surface area contributed by atoms with Crippen LogP contribution in [0.1, 0.15) is 32.3 Å². The molecular weight excluding hydrogens is 184 g/mol. The Kier molecular flexibility index (Phi) is 2.51. The minimum Gasteiger partial charge on any atom is -0.387 e. The Balaban J connectivity index is 2.25. The number of benzene rings is 1. The molecule has 0 atom stereocenters. The van der Waals surface area contributed by atoms with Crippen LogP contribution in [0.4, 0.5) is 0 Å². The Labute approximate surface area is 91.2 Å². The van der Waals surface area contributed by atoms with Crippen molar-refractivity contribution in [2.24, 2.45) is 10.7 Å². The third-order valence-electron chi connectivity index (χ3n) is 3.00. The fraction of sp³-hybridized carbons (Fsp3) is 0.462. The average molecular weight is 202 g/mol. The molecule has 1 fully saturated rings. The van der Waals surface area contributed by atoms with E-state index < -0.39 is 0 Å². The number of nitrogens with zero attached hydrogens (tertiary/aromatic N) is 1. The second kappa shape index (κ2) is 3.69. The van der Waals surface area contributed by atoms with Gasteiger partial charge in [0.05, 0.1) is 6.04 Å². The highest BCUT2D eigenvalue weighted by Crippen LogP contribution is 2.28. The number of nitrogens with two attached hydrogens (primary N) is 1. The van der Waals surface area contributed by atoms with Crippen LogP contribution >= 0.6 is 0 Å². The van der Waals surface area contributed by atoms with Gasteiger partial charge in [-0.05, 0) is 32.3 Å². The molecular formula is C13H18N2. The lowest BCUT2D eigenvalue weighted by Crippen LogP contribution is -2.36. The van der Waals surface area contributed by atoms with Gasteiger partial charge in [0.1, 0.15) is 5.84 Å². The van der Waals surface area contributed by atoms with Gasteiger partial charge in [0, 0.05) is 5.41 Å². The predicted octanol–water partition coefficient (Wildman–Crippen LogP) is 2.48. The number of aliphatic imine (C=N–C) groups is 1. The van der Waals surface area contributed by atoms with Crippen LogP contribution in [0.5, 0.6) is 0 Å². The first-order chi connectivity index (χ1) is 7.10. The van der Waals surface area contributed by atoms with Crippen molar-refractivity contribution in [3.63, 3.8) is 0 Å². The maximum absolute atomic E-state index is 6.07. The summed E-state index contributed by atoms with van der Waals surface area (Å²) < 4.78 is 0. The van der Waals surface area contributed by atoms with E-state index in [1.165, 1.54) is 18.4 Å². The van der Waals surface area contributed by atoms with E-state index in [9.17, 15) is 0 Å².